The van der Waals surface area contributed by atoms with Crippen molar-refractivity contribution in [3.63, 3.8) is 0 Å². The molecular weight excluding hydrogens is 234 g/mol. The van der Waals surface area contributed by atoms with Gasteiger partial charge in [0, 0.05) is 13.1 Å². The van der Waals surface area contributed by atoms with Gasteiger partial charge in [0.25, 0.3) is 0 Å². The van der Waals surface area contributed by atoms with Crippen LogP contribution in [0, 0.1) is 0 Å². The van der Waals surface area contributed by atoms with Gasteiger partial charge in [-0.1, -0.05) is 6.42 Å². The molecule has 0 N–H and O–H groups in total. The molecule has 1 atom stereocenters. The summed E-state index contributed by atoms with van der Waals surface area (Å²) in [5, 5.41) is -0.113. The zero-order chi connectivity index (χ0) is 10.9. The maximum atomic E-state index is 12.1. The minimum absolute atomic E-state index is 0.00796. The van der Waals surface area contributed by atoms with Gasteiger partial charge in [0.2, 0.25) is 10.0 Å². The van der Waals surface area contributed by atoms with Crippen LogP contribution in [0.5, 0.6) is 0 Å². The minimum atomic E-state index is -3.03. The van der Waals surface area contributed by atoms with E-state index >= 15 is 0 Å². The van der Waals surface area contributed by atoms with Gasteiger partial charge in [-0.15, -0.1) is 11.8 Å². The van der Waals surface area contributed by atoms with E-state index < -0.39 is 10.0 Å². The highest BCUT2D eigenvalue weighted by Gasteiger charge is 2.38. The fourth-order valence-corrected chi connectivity index (χ4v) is 4.53. The Hall–Kier alpha value is 0.220. The number of hydrogen-bond donors (Lipinski definition) is 0. The molecule has 1 unspecified atom stereocenters. The average Bonchev–Trinajstić information content (AvgIpc) is 2.14. The van der Waals surface area contributed by atoms with Crippen molar-refractivity contribution in [3.8, 4) is 0 Å². The Morgan fingerprint density at radius 1 is 1.40 bits per heavy atom. The summed E-state index contributed by atoms with van der Waals surface area (Å²) >= 11 is 1.57. The molecule has 6 heteroatoms. The van der Waals surface area contributed by atoms with Crippen molar-refractivity contribution in [2.45, 2.75) is 29.9 Å². The minimum Gasteiger partial charge on any atom is -0.365 e. The quantitative estimate of drug-likeness (QED) is 0.747. The lowest BCUT2D eigenvalue weighted by molar-refractivity contribution is 0.0504. The van der Waals surface area contributed by atoms with Crippen LogP contribution in [0.2, 0.25) is 0 Å². The molecule has 1 heterocycles. The number of rotatable bonds is 3. The Morgan fingerprint density at radius 3 is 2.67 bits per heavy atom. The summed E-state index contributed by atoms with van der Waals surface area (Å²) in [7, 11) is -3.03. The summed E-state index contributed by atoms with van der Waals surface area (Å²) in [5.41, 5.74) is 0.00796. The van der Waals surface area contributed by atoms with Gasteiger partial charge < -0.3 is 4.74 Å². The third-order valence-electron chi connectivity index (χ3n) is 3.09. The number of sulfonamides is 1. The first-order valence-electron chi connectivity index (χ1n) is 5.28. The van der Waals surface area contributed by atoms with E-state index in [0.29, 0.717) is 19.7 Å². The molecule has 0 aromatic rings. The van der Waals surface area contributed by atoms with E-state index in [1.165, 1.54) is 0 Å². The summed E-state index contributed by atoms with van der Waals surface area (Å²) < 4.78 is 31.2. The molecule has 0 spiro atoms. The number of nitrogens with zero attached hydrogens (tertiary/aromatic N) is 1. The molecule has 1 aliphatic carbocycles. The van der Waals surface area contributed by atoms with Gasteiger partial charge in [0.05, 0.1) is 11.9 Å². The fraction of sp³-hybridized carbons (Fsp3) is 1.00. The summed E-state index contributed by atoms with van der Waals surface area (Å²) in [6.45, 7) is 1.56. The monoisotopic (exact) mass is 251 g/mol. The number of hydrogen-bond acceptors (Lipinski definition) is 4. The lowest BCUT2D eigenvalue weighted by Crippen LogP contribution is -2.49. The van der Waals surface area contributed by atoms with E-state index in [-0.39, 0.29) is 10.7 Å². The lowest BCUT2D eigenvalue weighted by Gasteiger charge is -2.36. The highest BCUT2D eigenvalue weighted by Crippen LogP contribution is 2.30. The molecule has 2 aliphatic rings. The third-order valence-corrected chi connectivity index (χ3v) is 6.27. The Balaban J connectivity index is 2.02. The predicted octanol–water partition coefficient (Wildman–Crippen LogP) is 0.890. The molecule has 1 saturated heterocycles. The van der Waals surface area contributed by atoms with Gasteiger partial charge in [-0.25, -0.2) is 8.42 Å². The largest absolute Gasteiger partial charge is 0.365 e. The molecular formula is C9H17NO3S2. The molecule has 1 aliphatic heterocycles. The second kappa shape index (κ2) is 4.61. The Kier molecular flexibility index (Phi) is 3.59. The standard InChI is InChI=1S/C9H17NO3S2/c1-14-9-7-10(5-6-13-9)15(11,12)8-3-2-4-8/h8-9H,2-7H2,1H3. The van der Waals surface area contributed by atoms with Crippen LogP contribution in [0.15, 0.2) is 0 Å². The number of thioether (sulfide) groups is 1. The Labute approximate surface area is 95.4 Å². The predicted molar refractivity (Wildman–Crippen MR) is 61.4 cm³/mol. The molecule has 0 bridgehead atoms. The van der Waals surface area contributed by atoms with Crippen molar-refractivity contribution in [1.29, 1.82) is 0 Å². The molecule has 0 aromatic carbocycles. The molecule has 15 heavy (non-hydrogen) atoms. The molecule has 2 fully saturated rings. The van der Waals surface area contributed by atoms with Crippen molar-refractivity contribution in [3.05, 3.63) is 0 Å². The summed E-state index contributed by atoms with van der Waals surface area (Å²) in [6, 6.07) is 0. The second-order valence-corrected chi connectivity index (χ2v) is 7.20. The molecule has 1 saturated carbocycles. The first-order chi connectivity index (χ1) is 7.14. The van der Waals surface area contributed by atoms with Gasteiger partial charge in [-0.3, -0.25) is 0 Å². The Bertz CT molecular complexity index is 313. The van der Waals surface area contributed by atoms with Gasteiger partial charge in [0.15, 0.2) is 0 Å². The number of ether oxygens (including phenoxy) is 1. The van der Waals surface area contributed by atoms with E-state index in [0.717, 1.165) is 19.3 Å². The van der Waals surface area contributed by atoms with Gasteiger partial charge in [-0.2, -0.15) is 4.31 Å². The van der Waals surface area contributed by atoms with E-state index in [1.54, 1.807) is 16.1 Å². The van der Waals surface area contributed by atoms with Gasteiger partial charge in [-0.05, 0) is 19.1 Å². The van der Waals surface area contributed by atoms with Crippen LogP contribution in [-0.2, 0) is 14.8 Å². The first-order valence-corrected chi connectivity index (χ1v) is 8.07. The smallest absolute Gasteiger partial charge is 0.217 e. The van der Waals surface area contributed by atoms with Crippen LogP contribution >= 0.6 is 11.8 Å². The molecule has 0 aromatic heterocycles. The normalized spacial score (nSPS) is 30.1. The fourth-order valence-electron chi connectivity index (χ4n) is 1.85. The summed E-state index contributed by atoms with van der Waals surface area (Å²) in [4.78, 5) is 0. The molecule has 0 amide bonds. The summed E-state index contributed by atoms with van der Waals surface area (Å²) in [5.74, 6) is 0. The van der Waals surface area contributed by atoms with Crippen LogP contribution in [0.3, 0.4) is 0 Å². The van der Waals surface area contributed by atoms with Gasteiger partial charge >= 0.3 is 0 Å². The van der Waals surface area contributed by atoms with Crippen molar-refractivity contribution in [2.75, 3.05) is 26.0 Å². The van der Waals surface area contributed by atoms with Gasteiger partial charge in [0.1, 0.15) is 5.44 Å². The second-order valence-electron chi connectivity index (χ2n) is 3.99. The van der Waals surface area contributed by atoms with Crippen LogP contribution in [0.25, 0.3) is 0 Å². The zero-order valence-electron chi connectivity index (χ0n) is 8.89. The summed E-state index contributed by atoms with van der Waals surface area (Å²) in [6.07, 6.45) is 4.68. The van der Waals surface area contributed by atoms with Crippen molar-refractivity contribution < 1.29 is 13.2 Å². The van der Waals surface area contributed by atoms with Crippen LogP contribution in [0.4, 0.5) is 0 Å². The molecule has 4 nitrogen and oxygen atoms in total. The SMILES string of the molecule is CSC1CN(S(=O)(=O)C2CCC2)CCO1. The van der Waals surface area contributed by atoms with E-state index in [2.05, 4.69) is 0 Å². The first kappa shape index (κ1) is 11.7. The maximum absolute atomic E-state index is 12.1. The van der Waals surface area contributed by atoms with Crippen LogP contribution in [-0.4, -0.2) is 49.4 Å². The molecule has 88 valence electrons. The Morgan fingerprint density at radius 2 is 2.13 bits per heavy atom. The third kappa shape index (κ3) is 2.33. The topological polar surface area (TPSA) is 46.6 Å². The average molecular weight is 251 g/mol. The maximum Gasteiger partial charge on any atom is 0.217 e. The van der Waals surface area contributed by atoms with Crippen LogP contribution in [0.1, 0.15) is 19.3 Å². The van der Waals surface area contributed by atoms with Crippen molar-refractivity contribution >= 4 is 21.8 Å². The number of morpholine rings is 1. The molecule has 2 rings (SSSR count). The van der Waals surface area contributed by atoms with E-state index in [4.69, 9.17) is 4.74 Å². The van der Waals surface area contributed by atoms with E-state index in [9.17, 15) is 8.42 Å². The van der Waals surface area contributed by atoms with Crippen molar-refractivity contribution in [2.24, 2.45) is 0 Å². The molecule has 0 radical (unpaired) electrons. The van der Waals surface area contributed by atoms with Crippen molar-refractivity contribution in [1.82, 2.24) is 4.31 Å². The highest BCUT2D eigenvalue weighted by atomic mass is 32.2. The zero-order valence-corrected chi connectivity index (χ0v) is 10.5. The lowest BCUT2D eigenvalue weighted by atomic mass is 10.0. The van der Waals surface area contributed by atoms with Crippen LogP contribution < -0.4 is 0 Å². The van der Waals surface area contributed by atoms with E-state index in [1.807, 2.05) is 6.26 Å². The highest BCUT2D eigenvalue weighted by molar-refractivity contribution is 7.99.